The molecule has 3 rings (SSSR count). The number of ether oxygens (including phenoxy) is 1. The van der Waals surface area contributed by atoms with Crippen LogP contribution in [0.4, 0.5) is 10.5 Å². The van der Waals surface area contributed by atoms with E-state index in [9.17, 15) is 4.79 Å². The molecule has 0 spiro atoms. The number of para-hydroxylation sites is 1. The largest absolute Gasteiger partial charge is 0.444 e. The van der Waals surface area contributed by atoms with E-state index in [2.05, 4.69) is 26.2 Å². The minimum atomic E-state index is -0.502. The summed E-state index contributed by atoms with van der Waals surface area (Å²) in [6.45, 7) is 0.231. The Morgan fingerprint density at radius 3 is 2.73 bits per heavy atom. The van der Waals surface area contributed by atoms with Gasteiger partial charge in [0.15, 0.2) is 0 Å². The van der Waals surface area contributed by atoms with Crippen LogP contribution in [-0.4, -0.2) is 11.1 Å². The molecule has 3 aromatic rings. The molecule has 1 aromatic heterocycles. The van der Waals surface area contributed by atoms with E-state index in [0.717, 1.165) is 15.4 Å². The summed E-state index contributed by atoms with van der Waals surface area (Å²) in [7, 11) is 0. The van der Waals surface area contributed by atoms with Crippen molar-refractivity contribution in [2.75, 3.05) is 5.32 Å². The van der Waals surface area contributed by atoms with Crippen LogP contribution in [0.3, 0.4) is 0 Å². The van der Waals surface area contributed by atoms with E-state index in [1.165, 1.54) is 0 Å². The molecular formula is C17H13BrN2O2. The fourth-order valence-corrected chi connectivity index (χ4v) is 2.55. The molecule has 0 aliphatic rings. The summed E-state index contributed by atoms with van der Waals surface area (Å²) < 4.78 is 6.15. The van der Waals surface area contributed by atoms with Crippen LogP contribution >= 0.6 is 15.9 Å². The van der Waals surface area contributed by atoms with Crippen LogP contribution in [-0.2, 0) is 11.3 Å². The van der Waals surface area contributed by atoms with Crippen molar-refractivity contribution in [2.24, 2.45) is 0 Å². The molecule has 0 bridgehead atoms. The second kappa shape index (κ2) is 6.58. The Hall–Kier alpha value is -2.40. The summed E-state index contributed by atoms with van der Waals surface area (Å²) in [5.41, 5.74) is 2.28. The predicted octanol–water partition coefficient (Wildman–Crippen LogP) is 4.75. The van der Waals surface area contributed by atoms with Gasteiger partial charge in [0.25, 0.3) is 0 Å². The lowest BCUT2D eigenvalue weighted by molar-refractivity contribution is 0.155. The molecular weight excluding hydrogens is 344 g/mol. The summed E-state index contributed by atoms with van der Waals surface area (Å²) in [6.07, 6.45) is 1.19. The molecule has 0 unspecified atom stereocenters. The SMILES string of the molecule is O=C(Nc1cccc2c(Br)ccnc12)OCc1ccccc1. The van der Waals surface area contributed by atoms with Crippen molar-refractivity contribution >= 4 is 38.6 Å². The summed E-state index contributed by atoms with van der Waals surface area (Å²) >= 11 is 3.47. The third-order valence-corrected chi connectivity index (χ3v) is 3.86. The highest BCUT2D eigenvalue weighted by Crippen LogP contribution is 2.27. The number of pyridine rings is 1. The minimum Gasteiger partial charge on any atom is -0.444 e. The lowest BCUT2D eigenvalue weighted by atomic mass is 10.2. The van der Waals surface area contributed by atoms with Gasteiger partial charge in [0, 0.05) is 16.1 Å². The molecule has 0 saturated carbocycles. The van der Waals surface area contributed by atoms with Gasteiger partial charge in [-0.05, 0) is 17.7 Å². The average Bonchev–Trinajstić information content (AvgIpc) is 2.55. The minimum absolute atomic E-state index is 0.231. The van der Waals surface area contributed by atoms with Crippen LogP contribution in [0.5, 0.6) is 0 Å². The number of hydrogen-bond donors (Lipinski definition) is 1. The third-order valence-electron chi connectivity index (χ3n) is 3.17. The summed E-state index contributed by atoms with van der Waals surface area (Å²) in [4.78, 5) is 16.3. The Morgan fingerprint density at radius 2 is 1.91 bits per heavy atom. The Kier molecular flexibility index (Phi) is 4.34. The molecule has 1 heterocycles. The van der Waals surface area contributed by atoms with E-state index in [0.29, 0.717) is 11.2 Å². The van der Waals surface area contributed by atoms with Gasteiger partial charge in [0.1, 0.15) is 6.61 Å². The number of benzene rings is 2. The molecule has 1 N–H and O–H groups in total. The molecule has 0 atom stereocenters. The molecule has 110 valence electrons. The number of rotatable bonds is 3. The van der Waals surface area contributed by atoms with Gasteiger partial charge in [0.2, 0.25) is 0 Å². The van der Waals surface area contributed by atoms with Gasteiger partial charge in [-0.25, -0.2) is 4.79 Å². The lowest BCUT2D eigenvalue weighted by Crippen LogP contribution is -2.14. The third kappa shape index (κ3) is 3.26. The number of nitrogens with one attached hydrogen (secondary N) is 1. The van der Waals surface area contributed by atoms with Gasteiger partial charge in [-0.3, -0.25) is 10.3 Å². The first-order valence-corrected chi connectivity index (χ1v) is 7.54. The zero-order valence-electron chi connectivity index (χ0n) is 11.6. The van der Waals surface area contributed by atoms with Gasteiger partial charge in [0.05, 0.1) is 11.2 Å². The van der Waals surface area contributed by atoms with Crippen LogP contribution in [0.25, 0.3) is 10.9 Å². The van der Waals surface area contributed by atoms with Crippen molar-refractivity contribution < 1.29 is 9.53 Å². The van der Waals surface area contributed by atoms with Gasteiger partial charge >= 0.3 is 6.09 Å². The number of carbonyl (C=O) groups is 1. The smallest absolute Gasteiger partial charge is 0.412 e. The highest BCUT2D eigenvalue weighted by Gasteiger charge is 2.09. The van der Waals surface area contributed by atoms with E-state index >= 15 is 0 Å². The number of amides is 1. The summed E-state index contributed by atoms with van der Waals surface area (Å²) in [6, 6.07) is 17.0. The van der Waals surface area contributed by atoms with Gasteiger partial charge in [-0.2, -0.15) is 0 Å². The Bertz CT molecular complexity index is 806. The Morgan fingerprint density at radius 1 is 1.09 bits per heavy atom. The van der Waals surface area contributed by atoms with Crippen LogP contribution in [0.2, 0.25) is 0 Å². The van der Waals surface area contributed by atoms with Crippen molar-refractivity contribution in [1.29, 1.82) is 0 Å². The highest BCUT2D eigenvalue weighted by molar-refractivity contribution is 9.10. The van der Waals surface area contributed by atoms with E-state index in [1.54, 1.807) is 12.3 Å². The monoisotopic (exact) mass is 356 g/mol. The predicted molar refractivity (Wildman–Crippen MR) is 89.7 cm³/mol. The molecule has 4 nitrogen and oxygen atoms in total. The first kappa shape index (κ1) is 14.5. The number of nitrogens with zero attached hydrogens (tertiary/aromatic N) is 1. The highest BCUT2D eigenvalue weighted by atomic mass is 79.9. The quantitative estimate of drug-likeness (QED) is 0.736. The zero-order valence-corrected chi connectivity index (χ0v) is 13.2. The van der Waals surface area contributed by atoms with Crippen LogP contribution < -0.4 is 5.32 Å². The normalized spacial score (nSPS) is 10.4. The fraction of sp³-hybridized carbons (Fsp3) is 0.0588. The van der Waals surface area contributed by atoms with Crippen LogP contribution in [0.15, 0.2) is 65.3 Å². The molecule has 0 radical (unpaired) electrons. The first-order chi connectivity index (χ1) is 10.7. The molecule has 0 aliphatic heterocycles. The maximum atomic E-state index is 11.9. The van der Waals surface area contributed by atoms with Crippen molar-refractivity contribution in [3.63, 3.8) is 0 Å². The van der Waals surface area contributed by atoms with Crippen molar-refractivity contribution in [1.82, 2.24) is 4.98 Å². The molecule has 5 heteroatoms. The number of halogens is 1. The number of anilines is 1. The van der Waals surface area contributed by atoms with E-state index < -0.39 is 6.09 Å². The molecule has 2 aromatic carbocycles. The number of fused-ring (bicyclic) bond motifs is 1. The molecule has 22 heavy (non-hydrogen) atoms. The number of carbonyl (C=O) groups excluding carboxylic acids is 1. The van der Waals surface area contributed by atoms with E-state index in [4.69, 9.17) is 4.74 Å². The molecule has 0 saturated heterocycles. The van der Waals surface area contributed by atoms with Crippen LogP contribution in [0.1, 0.15) is 5.56 Å². The average molecular weight is 357 g/mol. The maximum absolute atomic E-state index is 11.9. The number of hydrogen-bond acceptors (Lipinski definition) is 3. The first-order valence-electron chi connectivity index (χ1n) is 6.75. The second-order valence-electron chi connectivity index (χ2n) is 4.68. The molecule has 1 amide bonds. The van der Waals surface area contributed by atoms with Gasteiger partial charge in [-0.15, -0.1) is 0 Å². The van der Waals surface area contributed by atoms with Crippen molar-refractivity contribution in [2.45, 2.75) is 6.61 Å². The van der Waals surface area contributed by atoms with E-state index in [-0.39, 0.29) is 6.61 Å². The zero-order chi connectivity index (χ0) is 15.4. The second-order valence-corrected chi connectivity index (χ2v) is 5.54. The maximum Gasteiger partial charge on any atom is 0.412 e. The van der Waals surface area contributed by atoms with Crippen molar-refractivity contribution in [3.05, 3.63) is 70.8 Å². The Balaban J connectivity index is 1.73. The fourth-order valence-electron chi connectivity index (χ4n) is 2.11. The standard InChI is InChI=1S/C17H13BrN2O2/c18-14-9-10-19-16-13(14)7-4-8-15(16)20-17(21)22-11-12-5-2-1-3-6-12/h1-10H,11H2,(H,20,21). The van der Waals surface area contributed by atoms with Gasteiger partial charge in [-0.1, -0.05) is 58.4 Å². The van der Waals surface area contributed by atoms with Crippen molar-refractivity contribution in [3.8, 4) is 0 Å². The molecule has 0 fully saturated rings. The van der Waals surface area contributed by atoms with Gasteiger partial charge < -0.3 is 4.74 Å². The lowest BCUT2D eigenvalue weighted by Gasteiger charge is -2.09. The van der Waals surface area contributed by atoms with E-state index in [1.807, 2.05) is 48.5 Å². The molecule has 0 aliphatic carbocycles. The van der Waals surface area contributed by atoms with Crippen LogP contribution in [0, 0.1) is 0 Å². The number of aromatic nitrogens is 1. The Labute approximate surface area is 136 Å². The summed E-state index contributed by atoms with van der Waals surface area (Å²) in [5, 5.41) is 3.67. The topological polar surface area (TPSA) is 51.2 Å². The summed E-state index contributed by atoms with van der Waals surface area (Å²) in [5.74, 6) is 0.